The maximum atomic E-state index is 13.2. The molecule has 3 heterocycles. The summed E-state index contributed by atoms with van der Waals surface area (Å²) in [5.41, 5.74) is 2.17. The molecule has 164 valence electrons. The summed E-state index contributed by atoms with van der Waals surface area (Å²) in [5, 5.41) is 12.4. The minimum absolute atomic E-state index is 0.0746. The number of carbonyl (C=O) groups is 2. The van der Waals surface area contributed by atoms with Crippen molar-refractivity contribution in [2.24, 2.45) is 0 Å². The largest absolute Gasteiger partial charge is 0.507 e. The summed E-state index contributed by atoms with van der Waals surface area (Å²) in [6.07, 6.45) is 1.57. The number of fused-ring (bicyclic) bond motifs is 1. The number of aromatic nitrogens is 2. The smallest absolute Gasteiger partial charge is 0.301 e. The number of aryl methyl sites for hydroxylation is 1. The number of ketones is 1. The second-order valence-electron chi connectivity index (χ2n) is 7.50. The Morgan fingerprint density at radius 2 is 1.91 bits per heavy atom. The van der Waals surface area contributed by atoms with E-state index in [1.807, 2.05) is 13.0 Å². The summed E-state index contributed by atoms with van der Waals surface area (Å²) in [4.78, 5) is 36.6. The molecule has 1 fully saturated rings. The van der Waals surface area contributed by atoms with Crippen LogP contribution in [0.25, 0.3) is 16.0 Å². The Balaban J connectivity index is 1.73. The van der Waals surface area contributed by atoms with E-state index in [2.05, 4.69) is 9.97 Å². The van der Waals surface area contributed by atoms with Gasteiger partial charge in [0, 0.05) is 21.8 Å². The van der Waals surface area contributed by atoms with Gasteiger partial charge in [-0.05, 0) is 48.9 Å². The Kier molecular flexibility index (Phi) is 5.40. The number of rotatable bonds is 3. The van der Waals surface area contributed by atoms with Gasteiger partial charge in [0.2, 0.25) is 0 Å². The van der Waals surface area contributed by atoms with Crippen LogP contribution in [0.4, 0.5) is 5.13 Å². The van der Waals surface area contributed by atoms with E-state index in [1.165, 1.54) is 22.3 Å². The molecule has 4 aromatic rings. The number of carbonyl (C=O) groups excluding carboxylic acids is 2. The number of thiazole rings is 1. The molecule has 1 aliphatic heterocycles. The third-order valence-electron chi connectivity index (χ3n) is 5.37. The highest BCUT2D eigenvalue weighted by atomic mass is 35.5. The molecule has 0 spiro atoms. The van der Waals surface area contributed by atoms with Crippen molar-refractivity contribution in [3.63, 3.8) is 0 Å². The van der Waals surface area contributed by atoms with Crippen LogP contribution in [0.15, 0.2) is 66.4 Å². The fraction of sp³-hybridized carbons (Fsp3) is 0.0833. The molecule has 0 aliphatic carbocycles. The van der Waals surface area contributed by atoms with E-state index < -0.39 is 17.7 Å². The van der Waals surface area contributed by atoms with Crippen molar-refractivity contribution in [1.82, 2.24) is 9.97 Å². The highest BCUT2D eigenvalue weighted by Gasteiger charge is 2.48. The fourth-order valence-corrected chi connectivity index (χ4v) is 5.20. The number of halogens is 2. The van der Waals surface area contributed by atoms with Gasteiger partial charge in [-0.25, -0.2) is 4.98 Å². The summed E-state index contributed by atoms with van der Waals surface area (Å²) < 4.78 is 0.823. The molecule has 1 N–H and O–H groups in total. The van der Waals surface area contributed by atoms with Crippen molar-refractivity contribution in [2.75, 3.05) is 4.90 Å². The summed E-state index contributed by atoms with van der Waals surface area (Å²) in [5.74, 6) is -1.94. The number of hydrogen-bond acceptors (Lipinski definition) is 6. The van der Waals surface area contributed by atoms with Crippen LogP contribution in [-0.4, -0.2) is 26.8 Å². The zero-order valence-corrected chi connectivity index (χ0v) is 19.4. The molecule has 1 saturated heterocycles. The van der Waals surface area contributed by atoms with E-state index in [-0.39, 0.29) is 11.3 Å². The molecule has 9 heteroatoms. The van der Waals surface area contributed by atoms with Gasteiger partial charge in [0.1, 0.15) is 11.8 Å². The second-order valence-corrected chi connectivity index (χ2v) is 9.35. The number of benzene rings is 2. The van der Waals surface area contributed by atoms with Crippen LogP contribution in [0.1, 0.15) is 22.9 Å². The molecule has 6 nitrogen and oxygen atoms in total. The van der Waals surface area contributed by atoms with Gasteiger partial charge in [0.25, 0.3) is 5.78 Å². The van der Waals surface area contributed by atoms with Gasteiger partial charge in [-0.2, -0.15) is 0 Å². The van der Waals surface area contributed by atoms with Gasteiger partial charge in [-0.1, -0.05) is 52.7 Å². The lowest BCUT2D eigenvalue weighted by molar-refractivity contribution is -0.132. The van der Waals surface area contributed by atoms with Crippen molar-refractivity contribution in [3.8, 4) is 0 Å². The van der Waals surface area contributed by atoms with Crippen molar-refractivity contribution < 1.29 is 14.7 Å². The molecule has 0 radical (unpaired) electrons. The summed E-state index contributed by atoms with van der Waals surface area (Å²) in [6, 6.07) is 14.3. The molecular formula is C24H15Cl2N3O3S. The molecule has 0 bridgehead atoms. The normalized spacial score (nSPS) is 17.8. The summed E-state index contributed by atoms with van der Waals surface area (Å²) in [7, 11) is 0. The van der Waals surface area contributed by atoms with Crippen LogP contribution >= 0.6 is 34.5 Å². The Bertz CT molecular complexity index is 1430. The zero-order valence-electron chi connectivity index (χ0n) is 17.1. The lowest BCUT2D eigenvalue weighted by Crippen LogP contribution is -2.29. The molecule has 5 rings (SSSR count). The van der Waals surface area contributed by atoms with Crippen molar-refractivity contribution in [2.45, 2.75) is 13.0 Å². The van der Waals surface area contributed by atoms with Crippen LogP contribution in [0.5, 0.6) is 0 Å². The SMILES string of the molecule is Cc1cc2sc(N3C(=O)C(=O)/C(=C(/O)c4cccc(Cl)c4)C3c3ccccn3)nc2cc1Cl. The quantitative estimate of drug-likeness (QED) is 0.216. The standard InChI is InChI=1S/C24H15Cl2N3O3S/c1-12-9-18-17(11-15(12)26)28-24(33-18)29-20(16-7-2-3-8-27-16)19(22(31)23(29)32)21(30)13-5-4-6-14(25)10-13/h2-11,20,30H,1H3/b21-19+. The van der Waals surface area contributed by atoms with Gasteiger partial charge in [-0.3, -0.25) is 19.5 Å². The van der Waals surface area contributed by atoms with E-state index in [9.17, 15) is 14.7 Å². The average molecular weight is 496 g/mol. The number of pyridine rings is 1. The van der Waals surface area contributed by atoms with Gasteiger partial charge in [-0.15, -0.1) is 0 Å². The predicted octanol–water partition coefficient (Wildman–Crippen LogP) is 5.93. The first kappa shape index (κ1) is 21.6. The topological polar surface area (TPSA) is 83.4 Å². The first-order valence-electron chi connectivity index (χ1n) is 9.89. The number of aliphatic hydroxyl groups excluding tert-OH is 1. The number of anilines is 1. The van der Waals surface area contributed by atoms with Gasteiger partial charge < -0.3 is 5.11 Å². The van der Waals surface area contributed by atoms with Crippen molar-refractivity contribution in [1.29, 1.82) is 0 Å². The monoisotopic (exact) mass is 495 g/mol. The van der Waals surface area contributed by atoms with Crippen molar-refractivity contribution in [3.05, 3.63) is 93.2 Å². The predicted molar refractivity (Wildman–Crippen MR) is 130 cm³/mol. The third-order valence-corrected chi connectivity index (χ3v) is 7.03. The maximum Gasteiger partial charge on any atom is 0.301 e. The Morgan fingerprint density at radius 3 is 2.64 bits per heavy atom. The third kappa shape index (κ3) is 3.68. The first-order valence-corrected chi connectivity index (χ1v) is 11.5. The van der Waals surface area contributed by atoms with E-state index in [0.717, 1.165) is 10.3 Å². The van der Waals surface area contributed by atoms with E-state index in [4.69, 9.17) is 23.2 Å². The van der Waals surface area contributed by atoms with Crippen LogP contribution in [0, 0.1) is 6.92 Å². The number of hydrogen-bond donors (Lipinski definition) is 1. The molecule has 2 aromatic carbocycles. The zero-order chi connectivity index (χ0) is 23.3. The highest BCUT2D eigenvalue weighted by molar-refractivity contribution is 7.22. The Labute approximate surface area is 202 Å². The first-order chi connectivity index (χ1) is 15.8. The number of Topliss-reactive ketones (excluding diaryl/α,β-unsaturated/α-hetero) is 1. The average Bonchev–Trinajstić information content (AvgIpc) is 3.32. The number of amides is 1. The Morgan fingerprint density at radius 1 is 1.09 bits per heavy atom. The van der Waals surface area contributed by atoms with Gasteiger partial charge >= 0.3 is 5.91 Å². The van der Waals surface area contributed by atoms with E-state index >= 15 is 0 Å². The Hall–Kier alpha value is -3.26. The molecule has 33 heavy (non-hydrogen) atoms. The van der Waals surface area contributed by atoms with E-state index in [0.29, 0.717) is 32.0 Å². The van der Waals surface area contributed by atoms with Crippen LogP contribution in [0.2, 0.25) is 10.0 Å². The highest BCUT2D eigenvalue weighted by Crippen LogP contribution is 2.44. The lowest BCUT2D eigenvalue weighted by Gasteiger charge is -2.21. The summed E-state index contributed by atoms with van der Waals surface area (Å²) in [6.45, 7) is 1.88. The van der Waals surface area contributed by atoms with Crippen LogP contribution in [0.3, 0.4) is 0 Å². The molecule has 2 aromatic heterocycles. The molecule has 0 saturated carbocycles. The lowest BCUT2D eigenvalue weighted by atomic mass is 9.98. The minimum atomic E-state index is -0.956. The fourth-order valence-electron chi connectivity index (χ4n) is 3.78. The molecule has 1 unspecified atom stereocenters. The second kappa shape index (κ2) is 8.26. The molecule has 1 aliphatic rings. The molecular weight excluding hydrogens is 481 g/mol. The van der Waals surface area contributed by atoms with Gasteiger partial charge in [0.15, 0.2) is 5.13 Å². The maximum absolute atomic E-state index is 13.2. The van der Waals surface area contributed by atoms with E-state index in [1.54, 1.807) is 48.7 Å². The minimum Gasteiger partial charge on any atom is -0.507 e. The summed E-state index contributed by atoms with van der Waals surface area (Å²) >= 11 is 13.6. The molecule has 1 atom stereocenters. The van der Waals surface area contributed by atoms with Gasteiger partial charge in [0.05, 0.1) is 21.5 Å². The van der Waals surface area contributed by atoms with Crippen molar-refractivity contribution >= 4 is 67.3 Å². The number of nitrogens with zero attached hydrogens (tertiary/aromatic N) is 3. The van der Waals surface area contributed by atoms with Crippen LogP contribution < -0.4 is 4.90 Å². The van der Waals surface area contributed by atoms with Crippen LogP contribution in [-0.2, 0) is 9.59 Å². The number of aliphatic hydroxyl groups is 1. The molecule has 1 amide bonds.